The maximum absolute atomic E-state index is 13.0. The third-order valence-electron chi connectivity index (χ3n) is 7.18. The molecule has 0 aromatic heterocycles. The highest BCUT2D eigenvalue weighted by molar-refractivity contribution is 5.85. The molecule has 0 spiro atoms. The van der Waals surface area contributed by atoms with Gasteiger partial charge in [0.2, 0.25) is 0 Å². The molecule has 2 unspecified atom stereocenters. The van der Waals surface area contributed by atoms with Gasteiger partial charge in [-0.3, -0.25) is 4.79 Å². The lowest BCUT2D eigenvalue weighted by atomic mass is 9.48. The quantitative estimate of drug-likeness (QED) is 0.694. The zero-order chi connectivity index (χ0) is 17.4. The van der Waals surface area contributed by atoms with Crippen molar-refractivity contribution in [3.63, 3.8) is 0 Å². The van der Waals surface area contributed by atoms with E-state index in [0.29, 0.717) is 12.2 Å². The molecule has 4 bridgehead atoms. The average Bonchev–Trinajstić information content (AvgIpc) is 2.60. The van der Waals surface area contributed by atoms with Crippen molar-refractivity contribution in [2.75, 3.05) is 6.54 Å². The van der Waals surface area contributed by atoms with Gasteiger partial charge >= 0.3 is 0 Å². The normalized spacial score (nSPS) is 34.2. The zero-order valence-corrected chi connectivity index (χ0v) is 16.5. The number of hydrogen-bond acceptors (Lipinski definition) is 2. The number of halogens is 1. The first-order valence-electron chi connectivity index (χ1n) is 10.2. The summed E-state index contributed by atoms with van der Waals surface area (Å²) in [7, 11) is 0. The largest absolute Gasteiger partial charge is 1.00 e. The van der Waals surface area contributed by atoms with E-state index >= 15 is 0 Å². The van der Waals surface area contributed by atoms with Crippen molar-refractivity contribution < 1.29 is 27.6 Å². The molecule has 3 nitrogen and oxygen atoms in total. The highest BCUT2D eigenvalue weighted by Crippen LogP contribution is 2.60. The summed E-state index contributed by atoms with van der Waals surface area (Å²) in [5.41, 5.74) is 0.989. The van der Waals surface area contributed by atoms with E-state index in [2.05, 4.69) is 5.32 Å². The first-order valence-corrected chi connectivity index (χ1v) is 10.2. The lowest BCUT2D eigenvalue weighted by Crippen LogP contribution is -3.00. The van der Waals surface area contributed by atoms with Crippen LogP contribution in [0.2, 0.25) is 0 Å². The van der Waals surface area contributed by atoms with E-state index in [9.17, 15) is 9.90 Å². The van der Waals surface area contributed by atoms with Crippen LogP contribution in [0.3, 0.4) is 0 Å². The van der Waals surface area contributed by atoms with Crippen molar-refractivity contribution in [3.8, 4) is 0 Å². The van der Waals surface area contributed by atoms with Crippen LogP contribution in [0.25, 0.3) is 0 Å². The van der Waals surface area contributed by atoms with Crippen molar-refractivity contribution in [2.24, 2.45) is 23.2 Å². The van der Waals surface area contributed by atoms with Crippen LogP contribution in [-0.2, 0) is 4.79 Å². The van der Waals surface area contributed by atoms with Crippen LogP contribution < -0.4 is 17.7 Å². The Morgan fingerprint density at radius 1 is 1.12 bits per heavy atom. The minimum Gasteiger partial charge on any atom is -1.00 e. The van der Waals surface area contributed by atoms with Crippen molar-refractivity contribution in [2.45, 2.75) is 64.0 Å². The zero-order valence-electron chi connectivity index (χ0n) is 15.7. The standard InChI is InChI=1S/C22H31NO2.ClH/c1-15(21(25)19-5-3-2-4-6-19)23-8-7-20(24)22-12-16-9-17(13-22)11-18(10-16)14-22;/h2-6,15-18,21,23,25H,7-14H2,1H3;1H. The molecule has 4 heteroatoms. The van der Waals surface area contributed by atoms with E-state index in [0.717, 1.165) is 29.9 Å². The molecule has 4 fully saturated rings. The van der Waals surface area contributed by atoms with Crippen molar-refractivity contribution >= 4 is 5.78 Å². The molecule has 144 valence electrons. The van der Waals surface area contributed by atoms with Gasteiger partial charge in [0.15, 0.2) is 0 Å². The number of carbonyl (C=O) groups is 1. The number of quaternary nitrogens is 1. The first-order chi connectivity index (χ1) is 12.1. The fourth-order valence-corrected chi connectivity index (χ4v) is 6.28. The number of ketones is 1. The van der Waals surface area contributed by atoms with Gasteiger partial charge < -0.3 is 22.8 Å². The predicted molar refractivity (Wildman–Crippen MR) is 97.9 cm³/mol. The predicted octanol–water partition coefficient (Wildman–Crippen LogP) is -0.148. The van der Waals surface area contributed by atoms with E-state index in [4.69, 9.17) is 0 Å². The van der Waals surface area contributed by atoms with E-state index < -0.39 is 6.10 Å². The molecule has 3 N–H and O–H groups in total. The smallest absolute Gasteiger partial charge is 0.144 e. The Morgan fingerprint density at radius 3 is 2.19 bits per heavy atom. The first kappa shape index (κ1) is 19.9. The molecule has 0 aliphatic heterocycles. The molecule has 4 saturated carbocycles. The second-order valence-corrected chi connectivity index (χ2v) is 9.11. The van der Waals surface area contributed by atoms with Gasteiger partial charge in [-0.25, -0.2) is 0 Å². The van der Waals surface area contributed by atoms with E-state index in [1.54, 1.807) is 0 Å². The Kier molecular flexibility index (Phi) is 6.11. The fourth-order valence-electron chi connectivity index (χ4n) is 6.28. The number of nitrogens with two attached hydrogens (primary N) is 1. The van der Waals surface area contributed by atoms with Gasteiger partial charge in [0, 0.05) is 5.41 Å². The summed E-state index contributed by atoms with van der Waals surface area (Å²) in [6.45, 7) is 2.85. The SMILES string of the molecule is CC([NH2+]CCC(=O)C12CC3CC(CC(C3)C1)C2)C(O)c1ccccc1.[Cl-]. The summed E-state index contributed by atoms with van der Waals surface area (Å²) >= 11 is 0. The Morgan fingerprint density at radius 2 is 1.65 bits per heavy atom. The van der Waals surface area contributed by atoms with E-state index in [-0.39, 0.29) is 23.9 Å². The Bertz CT molecular complexity index is 583. The molecule has 0 radical (unpaired) electrons. The molecule has 26 heavy (non-hydrogen) atoms. The Labute approximate surface area is 163 Å². The number of benzene rings is 1. The molecule has 2 atom stereocenters. The molecule has 5 rings (SSSR count). The molecule has 0 amide bonds. The van der Waals surface area contributed by atoms with Crippen LogP contribution in [0, 0.1) is 23.2 Å². The second-order valence-electron chi connectivity index (χ2n) is 9.11. The summed E-state index contributed by atoms with van der Waals surface area (Å²) in [6, 6.07) is 9.90. The van der Waals surface area contributed by atoms with Gasteiger partial charge in [0.25, 0.3) is 0 Å². The van der Waals surface area contributed by atoms with Gasteiger partial charge in [0.1, 0.15) is 17.9 Å². The van der Waals surface area contributed by atoms with Crippen LogP contribution in [0.4, 0.5) is 0 Å². The van der Waals surface area contributed by atoms with E-state index in [1.807, 2.05) is 37.3 Å². The van der Waals surface area contributed by atoms with Crippen molar-refractivity contribution in [1.29, 1.82) is 0 Å². The molecule has 0 saturated heterocycles. The van der Waals surface area contributed by atoms with Crippen LogP contribution in [0.1, 0.15) is 63.5 Å². The summed E-state index contributed by atoms with van der Waals surface area (Å²) in [5, 5.41) is 12.6. The molecule has 4 aliphatic rings. The lowest BCUT2D eigenvalue weighted by molar-refractivity contribution is -0.693. The Balaban J connectivity index is 0.00000196. The molecular formula is C22H32ClNO2. The maximum atomic E-state index is 13.0. The number of aliphatic hydroxyl groups is 1. The lowest BCUT2D eigenvalue weighted by Gasteiger charge is -2.56. The van der Waals surface area contributed by atoms with Gasteiger partial charge in [0.05, 0.1) is 13.0 Å². The highest BCUT2D eigenvalue weighted by Gasteiger charge is 2.54. The van der Waals surface area contributed by atoms with Gasteiger partial charge in [-0.15, -0.1) is 0 Å². The molecule has 0 heterocycles. The molecular weight excluding hydrogens is 346 g/mol. The number of rotatable bonds is 7. The highest BCUT2D eigenvalue weighted by atomic mass is 35.5. The minimum absolute atomic E-state index is 0. The molecule has 1 aromatic carbocycles. The average molecular weight is 378 g/mol. The summed E-state index contributed by atoms with van der Waals surface area (Å²) in [5.74, 6) is 3.01. The number of carbonyl (C=O) groups excluding carboxylic acids is 1. The van der Waals surface area contributed by atoms with Crippen LogP contribution in [0.5, 0.6) is 0 Å². The van der Waals surface area contributed by atoms with E-state index in [1.165, 1.54) is 38.5 Å². The molecule has 1 aromatic rings. The maximum Gasteiger partial charge on any atom is 0.144 e. The minimum atomic E-state index is -0.476. The van der Waals surface area contributed by atoms with Crippen molar-refractivity contribution in [3.05, 3.63) is 35.9 Å². The van der Waals surface area contributed by atoms with Gasteiger partial charge in [-0.05, 0) is 68.8 Å². The molecule has 4 aliphatic carbocycles. The van der Waals surface area contributed by atoms with Gasteiger partial charge in [-0.1, -0.05) is 30.3 Å². The third kappa shape index (κ3) is 3.85. The number of hydrogen-bond donors (Lipinski definition) is 2. The topological polar surface area (TPSA) is 53.9 Å². The summed E-state index contributed by atoms with van der Waals surface area (Å²) in [6.07, 6.45) is 7.85. The second kappa shape index (κ2) is 8.00. The fraction of sp³-hybridized carbons (Fsp3) is 0.682. The summed E-state index contributed by atoms with van der Waals surface area (Å²) < 4.78 is 0. The van der Waals surface area contributed by atoms with Crippen LogP contribution >= 0.6 is 0 Å². The third-order valence-corrected chi connectivity index (χ3v) is 7.18. The summed E-state index contributed by atoms with van der Waals surface area (Å²) in [4.78, 5) is 13.0. The number of aliphatic hydroxyl groups excluding tert-OH is 1. The number of Topliss-reactive ketones (excluding diaryl/α,β-unsaturated/α-hetero) is 1. The Hall–Kier alpha value is -0.900. The van der Waals surface area contributed by atoms with Gasteiger partial charge in [-0.2, -0.15) is 0 Å². The van der Waals surface area contributed by atoms with Crippen LogP contribution in [-0.4, -0.2) is 23.5 Å². The van der Waals surface area contributed by atoms with Crippen LogP contribution in [0.15, 0.2) is 30.3 Å². The monoisotopic (exact) mass is 377 g/mol. The van der Waals surface area contributed by atoms with Crippen molar-refractivity contribution in [1.82, 2.24) is 0 Å².